The van der Waals surface area contributed by atoms with E-state index in [1.54, 1.807) is 12.0 Å². The van der Waals surface area contributed by atoms with Crippen molar-refractivity contribution in [1.29, 1.82) is 0 Å². The third-order valence-corrected chi connectivity index (χ3v) is 7.55. The molecule has 9 heteroatoms. The average Bonchev–Trinajstić information content (AvgIpc) is 3.30. The second kappa shape index (κ2) is 10.7. The molecule has 0 spiro atoms. The van der Waals surface area contributed by atoms with Crippen LogP contribution < -0.4 is 19.9 Å². The lowest BCUT2D eigenvalue weighted by Gasteiger charge is -2.36. The Morgan fingerprint density at radius 1 is 1.03 bits per heavy atom. The van der Waals surface area contributed by atoms with Gasteiger partial charge in [-0.15, -0.1) is 0 Å². The summed E-state index contributed by atoms with van der Waals surface area (Å²) in [5.74, 6) is 2.11. The fraction of sp³-hybridized carbons (Fsp3) is 0.556. The number of ether oxygens (including phenoxy) is 1. The van der Waals surface area contributed by atoms with Gasteiger partial charge in [0.1, 0.15) is 11.6 Å². The van der Waals surface area contributed by atoms with Gasteiger partial charge in [-0.2, -0.15) is 4.98 Å². The van der Waals surface area contributed by atoms with Gasteiger partial charge >= 0.3 is 0 Å². The average molecular weight is 493 g/mol. The van der Waals surface area contributed by atoms with Crippen molar-refractivity contribution in [1.82, 2.24) is 14.9 Å². The Morgan fingerprint density at radius 3 is 2.44 bits per heavy atom. The topological polar surface area (TPSA) is 90.9 Å². The van der Waals surface area contributed by atoms with Crippen molar-refractivity contribution in [3.63, 3.8) is 0 Å². The number of anilines is 3. The molecule has 3 fully saturated rings. The molecule has 5 rings (SSSR count). The lowest BCUT2D eigenvalue weighted by atomic mass is 9.96. The van der Waals surface area contributed by atoms with Crippen molar-refractivity contribution in [3.05, 3.63) is 36.0 Å². The van der Waals surface area contributed by atoms with Gasteiger partial charge in [-0.05, 0) is 44.0 Å². The number of methoxy groups -OCH3 is 1. The lowest BCUT2D eigenvalue weighted by molar-refractivity contribution is -0.136. The Hall–Kier alpha value is -3.36. The molecule has 3 aliphatic rings. The molecule has 2 amide bonds. The first kappa shape index (κ1) is 24.3. The van der Waals surface area contributed by atoms with E-state index < -0.39 is 0 Å². The fourth-order valence-electron chi connectivity index (χ4n) is 5.51. The van der Waals surface area contributed by atoms with E-state index in [0.717, 1.165) is 22.9 Å². The largest absolute Gasteiger partial charge is 0.497 e. The maximum atomic E-state index is 13.3. The van der Waals surface area contributed by atoms with Crippen LogP contribution in [-0.4, -0.2) is 72.6 Å². The number of carbonyl (C=O) groups excluding carboxylic acids is 2. The molecule has 1 N–H and O–H groups in total. The summed E-state index contributed by atoms with van der Waals surface area (Å²) in [5.41, 5.74) is 1.75. The van der Waals surface area contributed by atoms with Crippen molar-refractivity contribution >= 4 is 29.3 Å². The van der Waals surface area contributed by atoms with Crippen LogP contribution in [0.1, 0.15) is 44.2 Å². The van der Waals surface area contributed by atoms with Crippen molar-refractivity contribution in [2.45, 2.75) is 51.5 Å². The van der Waals surface area contributed by atoms with Gasteiger partial charge in [0, 0.05) is 62.6 Å². The van der Waals surface area contributed by atoms with Crippen LogP contribution in [-0.2, 0) is 9.59 Å². The van der Waals surface area contributed by atoms with Gasteiger partial charge < -0.3 is 24.8 Å². The maximum absolute atomic E-state index is 13.3. The fourth-order valence-corrected chi connectivity index (χ4v) is 5.51. The van der Waals surface area contributed by atoms with E-state index in [2.05, 4.69) is 15.2 Å². The van der Waals surface area contributed by atoms with Crippen molar-refractivity contribution in [3.8, 4) is 5.75 Å². The molecule has 36 heavy (non-hydrogen) atoms. The molecule has 1 saturated carbocycles. The van der Waals surface area contributed by atoms with E-state index in [0.29, 0.717) is 44.7 Å². The summed E-state index contributed by atoms with van der Waals surface area (Å²) < 4.78 is 5.21. The van der Waals surface area contributed by atoms with Gasteiger partial charge in [0.15, 0.2) is 0 Å². The normalized spacial score (nSPS) is 21.1. The molecule has 1 aromatic carbocycles. The second-order valence-corrected chi connectivity index (χ2v) is 10.1. The molecule has 9 nitrogen and oxygen atoms in total. The van der Waals surface area contributed by atoms with E-state index in [4.69, 9.17) is 9.72 Å². The third-order valence-electron chi connectivity index (χ3n) is 7.55. The lowest BCUT2D eigenvalue weighted by Crippen LogP contribution is -2.51. The highest BCUT2D eigenvalue weighted by Gasteiger charge is 2.38. The molecule has 3 heterocycles. The molecular formula is C27H36N6O3. The summed E-state index contributed by atoms with van der Waals surface area (Å²) in [6, 6.07) is 9.87. The summed E-state index contributed by atoms with van der Waals surface area (Å²) in [4.78, 5) is 41.2. The quantitative estimate of drug-likeness (QED) is 0.662. The summed E-state index contributed by atoms with van der Waals surface area (Å²) in [6.45, 7) is 5.11. The van der Waals surface area contributed by atoms with E-state index in [9.17, 15) is 9.59 Å². The number of nitrogens with one attached hydrogen (secondary N) is 1. The Bertz CT molecular complexity index is 1080. The van der Waals surface area contributed by atoms with Gasteiger partial charge in [-0.1, -0.05) is 19.3 Å². The van der Waals surface area contributed by atoms with Crippen LogP contribution in [0.4, 0.5) is 17.5 Å². The zero-order chi connectivity index (χ0) is 25.1. The minimum atomic E-state index is -0.307. The minimum absolute atomic E-state index is 0.00777. The van der Waals surface area contributed by atoms with Crippen molar-refractivity contribution in [2.24, 2.45) is 5.92 Å². The Balaban J connectivity index is 1.17. The van der Waals surface area contributed by atoms with Crippen LogP contribution in [0.2, 0.25) is 0 Å². The smallest absolute Gasteiger partial charge is 0.228 e. The van der Waals surface area contributed by atoms with Crippen LogP contribution in [0.5, 0.6) is 5.75 Å². The number of aryl methyl sites for hydroxylation is 1. The van der Waals surface area contributed by atoms with Gasteiger partial charge in [-0.3, -0.25) is 9.59 Å². The molecule has 0 bridgehead atoms. The minimum Gasteiger partial charge on any atom is -0.497 e. The number of piperazine rings is 1. The zero-order valence-electron chi connectivity index (χ0n) is 21.3. The first-order valence-corrected chi connectivity index (χ1v) is 13.1. The monoisotopic (exact) mass is 492 g/mol. The maximum Gasteiger partial charge on any atom is 0.228 e. The number of aromatic nitrogens is 2. The summed E-state index contributed by atoms with van der Waals surface area (Å²) in [7, 11) is 1.61. The Morgan fingerprint density at radius 2 is 1.75 bits per heavy atom. The molecular weight excluding hydrogens is 456 g/mol. The predicted molar refractivity (Wildman–Crippen MR) is 140 cm³/mol. The molecule has 0 radical (unpaired) electrons. The van der Waals surface area contributed by atoms with Crippen LogP contribution in [0.15, 0.2) is 30.3 Å². The molecule has 1 aliphatic carbocycles. The molecule has 1 aromatic heterocycles. The first-order chi connectivity index (χ1) is 17.5. The highest BCUT2D eigenvalue weighted by Crippen LogP contribution is 2.29. The van der Waals surface area contributed by atoms with Crippen LogP contribution >= 0.6 is 0 Å². The number of rotatable bonds is 6. The van der Waals surface area contributed by atoms with Gasteiger partial charge in [0.25, 0.3) is 0 Å². The van der Waals surface area contributed by atoms with Crippen molar-refractivity contribution in [2.75, 3.05) is 55.0 Å². The van der Waals surface area contributed by atoms with Crippen LogP contribution in [0, 0.1) is 12.8 Å². The molecule has 1 unspecified atom stereocenters. The number of benzene rings is 1. The van der Waals surface area contributed by atoms with Crippen LogP contribution in [0.3, 0.4) is 0 Å². The number of carbonyl (C=O) groups is 2. The van der Waals surface area contributed by atoms with Crippen molar-refractivity contribution < 1.29 is 14.3 Å². The molecule has 192 valence electrons. The summed E-state index contributed by atoms with van der Waals surface area (Å²) >= 11 is 0. The molecule has 2 aliphatic heterocycles. The second-order valence-electron chi connectivity index (χ2n) is 10.1. The Labute approximate surface area is 212 Å². The molecule has 2 saturated heterocycles. The van der Waals surface area contributed by atoms with E-state index in [-0.39, 0.29) is 24.2 Å². The van der Waals surface area contributed by atoms with E-state index in [1.165, 1.54) is 32.1 Å². The molecule has 2 aromatic rings. The van der Waals surface area contributed by atoms with Crippen LogP contribution in [0.25, 0.3) is 0 Å². The zero-order valence-corrected chi connectivity index (χ0v) is 21.3. The number of hydrogen-bond donors (Lipinski definition) is 1. The third kappa shape index (κ3) is 5.39. The first-order valence-electron chi connectivity index (χ1n) is 13.1. The summed E-state index contributed by atoms with van der Waals surface area (Å²) in [5, 5.41) is 3.54. The van der Waals surface area contributed by atoms with Gasteiger partial charge in [0.2, 0.25) is 17.8 Å². The number of hydrogen-bond acceptors (Lipinski definition) is 7. The molecule has 1 atom stereocenters. The van der Waals surface area contributed by atoms with E-state index >= 15 is 0 Å². The standard InChI is InChI=1S/C27H36N6O3/c1-19-16-24(30-27(28-19)29-21-6-4-3-5-7-21)31-12-14-32(15-13-31)26(35)20-17-25(34)33(18-20)22-8-10-23(36-2)11-9-22/h8-11,16,20-21H,3-7,12-15,17-18H2,1-2H3,(H,28,29,30). The number of amides is 2. The predicted octanol–water partition coefficient (Wildman–Crippen LogP) is 3.24. The Kier molecular flexibility index (Phi) is 7.25. The van der Waals surface area contributed by atoms with E-state index in [1.807, 2.05) is 42.2 Å². The highest BCUT2D eigenvalue weighted by molar-refractivity contribution is 6.00. The highest BCUT2D eigenvalue weighted by atomic mass is 16.5. The number of nitrogens with zero attached hydrogens (tertiary/aromatic N) is 5. The van der Waals surface area contributed by atoms with Gasteiger partial charge in [0.05, 0.1) is 13.0 Å². The summed E-state index contributed by atoms with van der Waals surface area (Å²) in [6.07, 6.45) is 6.44. The van der Waals surface area contributed by atoms with Gasteiger partial charge in [-0.25, -0.2) is 4.98 Å². The SMILES string of the molecule is COc1ccc(N2CC(C(=O)N3CCN(c4cc(C)nc(NC5CCCCC5)n4)CC3)CC2=O)cc1.